The molecule has 0 saturated carbocycles. The normalized spacial score (nSPS) is 25.1. The van der Waals surface area contributed by atoms with Crippen LogP contribution < -0.4 is 32.3 Å². The van der Waals surface area contributed by atoms with Crippen LogP contribution in [0.5, 0.6) is 0 Å². The number of unbranched alkanes of at least 4 members (excludes halogenated alkanes) is 1. The van der Waals surface area contributed by atoms with E-state index in [-0.39, 0.29) is 13.0 Å². The van der Waals surface area contributed by atoms with Crippen molar-refractivity contribution in [2.45, 2.75) is 82.1 Å². The summed E-state index contributed by atoms with van der Waals surface area (Å²) >= 11 is 0. The number of nitrogens with one attached hydrogen (secondary N) is 5. The molecule has 1 saturated heterocycles. The van der Waals surface area contributed by atoms with Gasteiger partial charge in [0.15, 0.2) is 0 Å². The largest absolute Gasteiger partial charge is 0.481 e. The lowest BCUT2D eigenvalue weighted by atomic mass is 10.1. The van der Waals surface area contributed by atoms with Gasteiger partial charge in [-0.2, -0.15) is 0 Å². The van der Waals surface area contributed by atoms with Crippen LogP contribution in [-0.2, 0) is 38.4 Å². The number of carbonyl (C=O) groups excluding carboxylic acids is 5. The Hall–Kier alpha value is -4.28. The summed E-state index contributed by atoms with van der Waals surface area (Å²) in [4.78, 5) is 98.1. The molecule has 0 aromatic rings. The lowest BCUT2D eigenvalue weighted by molar-refractivity contribution is -0.141. The van der Waals surface area contributed by atoms with E-state index in [2.05, 4.69) is 26.6 Å². The number of amides is 5. The topological polar surface area (TPSA) is 283 Å². The molecular formula is C22H34N6O11. The van der Waals surface area contributed by atoms with Crippen molar-refractivity contribution in [3.05, 3.63) is 0 Å². The van der Waals surface area contributed by atoms with Crippen molar-refractivity contribution in [2.75, 3.05) is 6.54 Å². The van der Waals surface area contributed by atoms with Crippen LogP contribution in [0.25, 0.3) is 0 Å². The number of hydrogen-bond acceptors (Lipinski definition) is 9. The Bertz CT molecular complexity index is 972. The first-order valence-electron chi connectivity index (χ1n) is 12.1. The SMILES string of the molecule is C[C@@H]1NC(=O)[C@H](CC(=O)O)NC(=O)[C@H](CCCCN)NC(=O)[C@H](CC(=O)O)NC(=O)[C@H](CCC(=O)O)NC1=O. The molecule has 0 aromatic carbocycles. The standard InChI is InChI=1S/C22H34N6O11/c1-10-18(35)25-12(5-6-15(29)30)20(37)28-14(9-17(33)34)22(39)26-11(4-2-3-7-23)19(36)27-13(8-16(31)32)21(38)24-10/h10-14H,2-9,23H2,1H3,(H,24,38)(H,25,35)(H,26,39)(H,27,36)(H,28,37)(H,29,30)(H,31,32)(H,33,34)/t10-,11-,12-,13-,14-/m0/s1. The van der Waals surface area contributed by atoms with Crippen molar-refractivity contribution >= 4 is 47.4 Å². The molecule has 0 radical (unpaired) electrons. The molecule has 0 spiro atoms. The fraction of sp³-hybridized carbons (Fsp3) is 0.636. The second-order valence-electron chi connectivity index (χ2n) is 8.89. The van der Waals surface area contributed by atoms with Gasteiger partial charge < -0.3 is 47.6 Å². The van der Waals surface area contributed by atoms with E-state index in [9.17, 15) is 48.6 Å². The molecule has 17 nitrogen and oxygen atoms in total. The first-order chi connectivity index (χ1) is 18.2. The van der Waals surface area contributed by atoms with Gasteiger partial charge in [-0.1, -0.05) is 0 Å². The van der Waals surface area contributed by atoms with Crippen LogP contribution in [-0.4, -0.2) is 99.5 Å². The zero-order chi connectivity index (χ0) is 29.7. The molecule has 1 aliphatic heterocycles. The Kier molecular flexibility index (Phi) is 13.3. The van der Waals surface area contributed by atoms with Gasteiger partial charge in [-0.25, -0.2) is 0 Å². The van der Waals surface area contributed by atoms with E-state index in [0.29, 0.717) is 12.8 Å². The summed E-state index contributed by atoms with van der Waals surface area (Å²) in [5.74, 6) is -9.41. The zero-order valence-electron chi connectivity index (χ0n) is 21.2. The van der Waals surface area contributed by atoms with Crippen LogP contribution in [0.1, 0.15) is 51.9 Å². The van der Waals surface area contributed by atoms with E-state index in [0.717, 1.165) is 0 Å². The molecule has 5 amide bonds. The molecule has 0 unspecified atom stereocenters. The van der Waals surface area contributed by atoms with Crippen molar-refractivity contribution in [3.8, 4) is 0 Å². The maximum Gasteiger partial charge on any atom is 0.305 e. The number of hydrogen-bond donors (Lipinski definition) is 9. The first kappa shape index (κ1) is 32.7. The minimum atomic E-state index is -1.74. The predicted molar refractivity (Wildman–Crippen MR) is 130 cm³/mol. The highest BCUT2D eigenvalue weighted by molar-refractivity contribution is 5.99. The molecular weight excluding hydrogens is 524 g/mol. The Morgan fingerprint density at radius 1 is 0.615 bits per heavy atom. The average molecular weight is 559 g/mol. The number of aliphatic carboxylic acids is 3. The minimum absolute atomic E-state index is 0.0262. The molecule has 1 fully saturated rings. The van der Waals surface area contributed by atoms with Gasteiger partial charge in [0.05, 0.1) is 12.8 Å². The van der Waals surface area contributed by atoms with Crippen LogP contribution in [0.4, 0.5) is 0 Å². The Morgan fingerprint density at radius 2 is 1.03 bits per heavy atom. The minimum Gasteiger partial charge on any atom is -0.481 e. The summed E-state index contributed by atoms with van der Waals surface area (Å²) in [5.41, 5.74) is 5.47. The third-order valence-electron chi connectivity index (χ3n) is 5.64. The smallest absolute Gasteiger partial charge is 0.305 e. The molecule has 218 valence electrons. The van der Waals surface area contributed by atoms with Crippen molar-refractivity contribution in [1.82, 2.24) is 26.6 Å². The molecule has 10 N–H and O–H groups in total. The highest BCUT2D eigenvalue weighted by Gasteiger charge is 2.34. The molecule has 1 rings (SSSR count). The molecule has 0 aliphatic carbocycles. The lowest BCUT2D eigenvalue weighted by Gasteiger charge is -2.25. The summed E-state index contributed by atoms with van der Waals surface area (Å²) < 4.78 is 0. The van der Waals surface area contributed by atoms with Crippen LogP contribution in [0.3, 0.4) is 0 Å². The highest BCUT2D eigenvalue weighted by atomic mass is 16.4. The maximum absolute atomic E-state index is 13.0. The summed E-state index contributed by atoms with van der Waals surface area (Å²) in [7, 11) is 0. The van der Waals surface area contributed by atoms with Crippen LogP contribution in [0, 0.1) is 0 Å². The first-order valence-corrected chi connectivity index (χ1v) is 12.1. The van der Waals surface area contributed by atoms with Gasteiger partial charge in [0, 0.05) is 6.42 Å². The Balaban J connectivity index is 3.48. The lowest BCUT2D eigenvalue weighted by Crippen LogP contribution is -2.58. The molecule has 5 atom stereocenters. The molecule has 1 aliphatic rings. The van der Waals surface area contributed by atoms with Crippen molar-refractivity contribution in [2.24, 2.45) is 5.73 Å². The third kappa shape index (κ3) is 11.8. The number of carbonyl (C=O) groups is 8. The second-order valence-corrected chi connectivity index (χ2v) is 8.89. The summed E-state index contributed by atoms with van der Waals surface area (Å²) in [6.07, 6.45) is -2.11. The van der Waals surface area contributed by atoms with E-state index in [1.807, 2.05) is 0 Å². The van der Waals surface area contributed by atoms with E-state index < -0.39 is 103 Å². The van der Waals surface area contributed by atoms with Crippen molar-refractivity contribution in [3.63, 3.8) is 0 Å². The van der Waals surface area contributed by atoms with Crippen molar-refractivity contribution in [1.29, 1.82) is 0 Å². The number of carboxylic acid groups (broad SMARTS) is 3. The fourth-order valence-corrected chi connectivity index (χ4v) is 3.56. The van der Waals surface area contributed by atoms with E-state index in [1.165, 1.54) is 6.92 Å². The summed E-state index contributed by atoms with van der Waals surface area (Å²) in [6, 6.07) is -7.68. The molecule has 0 bridgehead atoms. The molecule has 39 heavy (non-hydrogen) atoms. The summed E-state index contributed by atoms with van der Waals surface area (Å²) in [6.45, 7) is 1.45. The number of rotatable bonds is 11. The van der Waals surface area contributed by atoms with Crippen LogP contribution in [0.15, 0.2) is 0 Å². The third-order valence-corrected chi connectivity index (χ3v) is 5.64. The molecule has 0 aromatic heterocycles. The van der Waals surface area contributed by atoms with Crippen molar-refractivity contribution < 1.29 is 53.7 Å². The van der Waals surface area contributed by atoms with Gasteiger partial charge in [0.2, 0.25) is 29.5 Å². The van der Waals surface area contributed by atoms with Gasteiger partial charge in [0.1, 0.15) is 30.2 Å². The number of carboxylic acids is 3. The van der Waals surface area contributed by atoms with Gasteiger partial charge in [-0.3, -0.25) is 38.4 Å². The van der Waals surface area contributed by atoms with E-state index >= 15 is 0 Å². The van der Waals surface area contributed by atoms with Crippen LogP contribution >= 0.6 is 0 Å². The van der Waals surface area contributed by atoms with Crippen LogP contribution in [0.2, 0.25) is 0 Å². The fourth-order valence-electron chi connectivity index (χ4n) is 3.56. The Morgan fingerprint density at radius 3 is 1.49 bits per heavy atom. The maximum atomic E-state index is 13.0. The Labute approximate surface area is 222 Å². The van der Waals surface area contributed by atoms with Gasteiger partial charge in [0.25, 0.3) is 0 Å². The predicted octanol–water partition coefficient (Wildman–Crippen LogP) is -3.61. The number of nitrogens with two attached hydrogens (primary N) is 1. The monoisotopic (exact) mass is 558 g/mol. The van der Waals surface area contributed by atoms with E-state index in [4.69, 9.17) is 10.8 Å². The zero-order valence-corrected chi connectivity index (χ0v) is 21.2. The quantitative estimate of drug-likeness (QED) is 0.111. The van der Waals surface area contributed by atoms with E-state index in [1.54, 1.807) is 0 Å². The molecule has 17 heteroatoms. The van der Waals surface area contributed by atoms with Gasteiger partial charge in [-0.05, 0) is 39.2 Å². The molecule has 1 heterocycles. The summed E-state index contributed by atoms with van der Waals surface area (Å²) in [5, 5.41) is 38.7. The highest BCUT2D eigenvalue weighted by Crippen LogP contribution is 2.07. The van der Waals surface area contributed by atoms with Gasteiger partial charge in [-0.15, -0.1) is 0 Å². The average Bonchev–Trinajstić information content (AvgIpc) is 2.83. The second kappa shape index (κ2) is 15.9. The van der Waals surface area contributed by atoms with Gasteiger partial charge >= 0.3 is 17.9 Å².